The zero-order valence-electron chi connectivity index (χ0n) is 12.0. The lowest BCUT2D eigenvalue weighted by molar-refractivity contribution is 0.185. The predicted molar refractivity (Wildman–Crippen MR) is 84.4 cm³/mol. The van der Waals surface area contributed by atoms with Gasteiger partial charge in [0.1, 0.15) is 0 Å². The molecule has 112 valence electrons. The molecule has 0 bridgehead atoms. The van der Waals surface area contributed by atoms with E-state index in [0.29, 0.717) is 11.7 Å². The molecule has 1 heterocycles. The standard InChI is InChI=1S/C15H19N3O2S/c1-2-13-11-21-14(16-13)17-15(20)18(8-9-19)10-12-6-4-3-5-7-12/h3-7,11,19H,2,8-10H2,1H3,(H,16,17,20). The van der Waals surface area contributed by atoms with Gasteiger partial charge in [-0.15, -0.1) is 11.3 Å². The number of anilines is 1. The van der Waals surface area contributed by atoms with Gasteiger partial charge < -0.3 is 10.0 Å². The van der Waals surface area contributed by atoms with Crippen LogP contribution in [0.15, 0.2) is 35.7 Å². The zero-order chi connectivity index (χ0) is 15.1. The Morgan fingerprint density at radius 2 is 2.14 bits per heavy atom. The molecule has 0 unspecified atom stereocenters. The smallest absolute Gasteiger partial charge is 0.324 e. The minimum absolute atomic E-state index is 0.0711. The molecule has 1 aromatic heterocycles. The number of thiazole rings is 1. The van der Waals surface area contributed by atoms with Crippen molar-refractivity contribution in [3.8, 4) is 0 Å². The number of aliphatic hydroxyl groups is 1. The molecule has 0 atom stereocenters. The summed E-state index contributed by atoms with van der Waals surface area (Å²) in [6, 6.07) is 9.45. The molecule has 0 aliphatic carbocycles. The maximum Gasteiger partial charge on any atom is 0.324 e. The molecule has 0 saturated carbocycles. The van der Waals surface area contributed by atoms with Crippen LogP contribution in [0.2, 0.25) is 0 Å². The van der Waals surface area contributed by atoms with Gasteiger partial charge >= 0.3 is 6.03 Å². The Balaban J connectivity index is 2.01. The van der Waals surface area contributed by atoms with Gasteiger partial charge in [-0.05, 0) is 12.0 Å². The van der Waals surface area contributed by atoms with Gasteiger partial charge in [-0.1, -0.05) is 37.3 Å². The Bertz CT molecular complexity index is 571. The monoisotopic (exact) mass is 305 g/mol. The molecule has 2 rings (SSSR count). The predicted octanol–water partition coefficient (Wildman–Crippen LogP) is 2.73. The fraction of sp³-hybridized carbons (Fsp3) is 0.333. The van der Waals surface area contributed by atoms with E-state index < -0.39 is 0 Å². The van der Waals surface area contributed by atoms with E-state index in [0.717, 1.165) is 17.7 Å². The first-order chi connectivity index (χ1) is 10.2. The molecule has 0 radical (unpaired) electrons. The SMILES string of the molecule is CCc1csc(NC(=O)N(CCO)Cc2ccccc2)n1. The fourth-order valence-electron chi connectivity index (χ4n) is 1.87. The molecular formula is C15H19N3O2S. The molecule has 21 heavy (non-hydrogen) atoms. The number of carbonyl (C=O) groups excluding carboxylic acids is 1. The van der Waals surface area contributed by atoms with Gasteiger partial charge in [-0.3, -0.25) is 5.32 Å². The van der Waals surface area contributed by atoms with Crippen LogP contribution in [0.4, 0.5) is 9.93 Å². The Labute approximate surface area is 128 Å². The summed E-state index contributed by atoms with van der Waals surface area (Å²) in [6.45, 7) is 2.69. The van der Waals surface area contributed by atoms with E-state index >= 15 is 0 Å². The van der Waals surface area contributed by atoms with Gasteiger partial charge in [-0.2, -0.15) is 0 Å². The maximum absolute atomic E-state index is 12.3. The summed E-state index contributed by atoms with van der Waals surface area (Å²) in [6.07, 6.45) is 0.844. The third-order valence-electron chi connectivity index (χ3n) is 3.00. The van der Waals surface area contributed by atoms with Gasteiger partial charge in [0.05, 0.1) is 12.3 Å². The number of aryl methyl sites for hydroxylation is 1. The summed E-state index contributed by atoms with van der Waals surface area (Å²) in [4.78, 5) is 18.2. The number of nitrogens with one attached hydrogen (secondary N) is 1. The molecule has 2 amide bonds. The molecule has 5 nitrogen and oxygen atoms in total. The van der Waals surface area contributed by atoms with Crippen molar-refractivity contribution < 1.29 is 9.90 Å². The lowest BCUT2D eigenvalue weighted by Gasteiger charge is -2.21. The third-order valence-corrected chi connectivity index (χ3v) is 3.81. The van der Waals surface area contributed by atoms with Crippen molar-refractivity contribution in [2.24, 2.45) is 0 Å². The summed E-state index contributed by atoms with van der Waals surface area (Å²) in [5, 5.41) is 14.4. The highest BCUT2D eigenvalue weighted by atomic mass is 32.1. The van der Waals surface area contributed by atoms with Crippen molar-refractivity contribution in [3.05, 3.63) is 47.0 Å². The van der Waals surface area contributed by atoms with Crippen molar-refractivity contribution in [3.63, 3.8) is 0 Å². The first-order valence-corrected chi connectivity index (χ1v) is 7.76. The zero-order valence-corrected chi connectivity index (χ0v) is 12.8. The van der Waals surface area contributed by atoms with Crippen molar-refractivity contribution in [2.75, 3.05) is 18.5 Å². The number of amides is 2. The van der Waals surface area contributed by atoms with E-state index in [4.69, 9.17) is 5.11 Å². The van der Waals surface area contributed by atoms with Crippen LogP contribution < -0.4 is 5.32 Å². The van der Waals surface area contributed by atoms with E-state index in [1.807, 2.05) is 42.6 Å². The normalized spacial score (nSPS) is 10.4. The summed E-state index contributed by atoms with van der Waals surface area (Å²) in [5.41, 5.74) is 1.99. The second kappa shape index (κ2) is 7.75. The van der Waals surface area contributed by atoms with Crippen LogP contribution in [0.3, 0.4) is 0 Å². The van der Waals surface area contributed by atoms with E-state index in [9.17, 15) is 4.79 Å². The Morgan fingerprint density at radius 3 is 2.76 bits per heavy atom. The lowest BCUT2D eigenvalue weighted by Crippen LogP contribution is -2.36. The lowest BCUT2D eigenvalue weighted by atomic mass is 10.2. The van der Waals surface area contributed by atoms with Crippen LogP contribution in [0, 0.1) is 0 Å². The summed E-state index contributed by atoms with van der Waals surface area (Å²) < 4.78 is 0. The number of aliphatic hydroxyl groups excluding tert-OH is 1. The number of nitrogens with zero attached hydrogens (tertiary/aromatic N) is 2. The molecule has 0 saturated heterocycles. The highest BCUT2D eigenvalue weighted by molar-refractivity contribution is 7.13. The molecule has 2 aromatic rings. The van der Waals surface area contributed by atoms with E-state index in [2.05, 4.69) is 10.3 Å². The molecule has 0 fully saturated rings. The van der Waals surface area contributed by atoms with E-state index in [1.165, 1.54) is 11.3 Å². The largest absolute Gasteiger partial charge is 0.395 e. The number of aromatic nitrogens is 1. The Hall–Kier alpha value is -1.92. The average molecular weight is 305 g/mol. The van der Waals surface area contributed by atoms with Gasteiger partial charge in [0.25, 0.3) is 0 Å². The van der Waals surface area contributed by atoms with Gasteiger partial charge in [0.2, 0.25) is 0 Å². The van der Waals surface area contributed by atoms with Gasteiger partial charge in [0, 0.05) is 18.5 Å². The van der Waals surface area contributed by atoms with Gasteiger partial charge in [-0.25, -0.2) is 9.78 Å². The number of benzene rings is 1. The first-order valence-electron chi connectivity index (χ1n) is 6.88. The topological polar surface area (TPSA) is 65.5 Å². The number of urea groups is 1. The van der Waals surface area contributed by atoms with E-state index in [-0.39, 0.29) is 19.2 Å². The molecular weight excluding hydrogens is 286 g/mol. The quantitative estimate of drug-likeness (QED) is 0.862. The number of hydrogen-bond donors (Lipinski definition) is 2. The Morgan fingerprint density at radius 1 is 1.38 bits per heavy atom. The number of hydrogen-bond acceptors (Lipinski definition) is 4. The summed E-state index contributed by atoms with van der Waals surface area (Å²) >= 11 is 1.41. The molecule has 6 heteroatoms. The van der Waals surface area contributed by atoms with Crippen LogP contribution in [-0.2, 0) is 13.0 Å². The first kappa shape index (κ1) is 15.5. The van der Waals surface area contributed by atoms with Crippen LogP contribution in [0.5, 0.6) is 0 Å². The molecule has 0 spiro atoms. The van der Waals surface area contributed by atoms with Crippen molar-refractivity contribution in [1.29, 1.82) is 0 Å². The van der Waals surface area contributed by atoms with Crippen molar-refractivity contribution in [1.82, 2.24) is 9.88 Å². The van der Waals surface area contributed by atoms with Gasteiger partial charge in [0.15, 0.2) is 5.13 Å². The summed E-state index contributed by atoms with van der Waals surface area (Å²) in [7, 11) is 0. The molecule has 0 aliphatic heterocycles. The minimum Gasteiger partial charge on any atom is -0.395 e. The number of rotatable bonds is 6. The number of carbonyl (C=O) groups is 1. The minimum atomic E-state index is -0.245. The molecule has 2 N–H and O–H groups in total. The second-order valence-corrected chi connectivity index (χ2v) is 5.42. The van der Waals surface area contributed by atoms with Crippen LogP contribution in [0.25, 0.3) is 0 Å². The highest BCUT2D eigenvalue weighted by Gasteiger charge is 2.15. The average Bonchev–Trinajstić information content (AvgIpc) is 2.95. The molecule has 1 aromatic carbocycles. The van der Waals surface area contributed by atoms with Crippen molar-refractivity contribution >= 4 is 22.5 Å². The molecule has 0 aliphatic rings. The third kappa shape index (κ3) is 4.54. The summed E-state index contributed by atoms with van der Waals surface area (Å²) in [5.74, 6) is 0. The van der Waals surface area contributed by atoms with Crippen molar-refractivity contribution in [2.45, 2.75) is 19.9 Å². The Kier molecular flexibility index (Phi) is 5.71. The maximum atomic E-state index is 12.3. The van der Waals surface area contributed by atoms with Crippen LogP contribution in [-0.4, -0.2) is 34.2 Å². The van der Waals surface area contributed by atoms with E-state index in [1.54, 1.807) is 4.90 Å². The fourth-order valence-corrected chi connectivity index (χ4v) is 2.66. The van der Waals surface area contributed by atoms with Crippen LogP contribution >= 0.6 is 11.3 Å². The second-order valence-electron chi connectivity index (χ2n) is 4.56. The highest BCUT2D eigenvalue weighted by Crippen LogP contribution is 2.16. The van der Waals surface area contributed by atoms with Crippen LogP contribution in [0.1, 0.15) is 18.2 Å².